The molecule has 7 heteroatoms. The van der Waals surface area contributed by atoms with Crippen molar-refractivity contribution in [1.29, 1.82) is 0 Å². The van der Waals surface area contributed by atoms with Crippen molar-refractivity contribution in [3.05, 3.63) is 30.1 Å². The average Bonchev–Trinajstić information content (AvgIpc) is 2.83. The highest BCUT2D eigenvalue weighted by Gasteiger charge is 2.43. The molecule has 0 bridgehead atoms. The number of benzene rings is 1. The van der Waals surface area contributed by atoms with Gasteiger partial charge in [-0.05, 0) is 50.2 Å². The molecule has 1 aromatic rings. The van der Waals surface area contributed by atoms with E-state index in [2.05, 4.69) is 0 Å². The lowest BCUT2D eigenvalue weighted by Crippen LogP contribution is -2.47. The second-order valence-electron chi connectivity index (χ2n) is 5.98. The van der Waals surface area contributed by atoms with Crippen molar-refractivity contribution in [1.82, 2.24) is 4.90 Å². The number of likely N-dealkylation sites (tertiary alicyclic amines) is 1. The second kappa shape index (κ2) is 6.08. The first-order valence-corrected chi connectivity index (χ1v) is 7.63. The molecule has 2 aliphatic rings. The molecule has 2 fully saturated rings. The topological polar surface area (TPSA) is 83.7 Å². The Balaban J connectivity index is 1.72. The Morgan fingerprint density at radius 3 is 2.30 bits per heavy atom. The minimum absolute atomic E-state index is 0.109. The summed E-state index contributed by atoms with van der Waals surface area (Å²) in [7, 11) is 0. The highest BCUT2D eigenvalue weighted by molar-refractivity contribution is 6.22. The van der Waals surface area contributed by atoms with Gasteiger partial charge in [-0.15, -0.1) is 0 Å². The molecule has 3 rings (SSSR count). The fourth-order valence-corrected chi connectivity index (χ4v) is 3.26. The molecule has 2 N–H and O–H groups in total. The molecule has 2 saturated heterocycles. The molecule has 2 heterocycles. The number of piperidine rings is 1. The first-order valence-electron chi connectivity index (χ1n) is 7.63. The van der Waals surface area contributed by atoms with E-state index in [1.165, 1.54) is 24.3 Å². The van der Waals surface area contributed by atoms with Gasteiger partial charge in [0.05, 0.1) is 18.2 Å². The Labute approximate surface area is 133 Å². The number of halogens is 1. The summed E-state index contributed by atoms with van der Waals surface area (Å²) < 4.78 is 13.0. The molecule has 0 unspecified atom stereocenters. The van der Waals surface area contributed by atoms with Gasteiger partial charge in [0, 0.05) is 5.92 Å². The number of carbonyl (C=O) groups excluding carboxylic acids is 3. The highest BCUT2D eigenvalue weighted by Crippen LogP contribution is 2.28. The van der Waals surface area contributed by atoms with Crippen molar-refractivity contribution in [2.45, 2.75) is 25.3 Å². The van der Waals surface area contributed by atoms with E-state index in [1.807, 2.05) is 4.90 Å². The van der Waals surface area contributed by atoms with Crippen molar-refractivity contribution >= 4 is 23.4 Å². The Bertz CT molecular complexity index is 638. The second-order valence-corrected chi connectivity index (χ2v) is 5.98. The quantitative estimate of drug-likeness (QED) is 0.829. The Morgan fingerprint density at radius 1 is 1.13 bits per heavy atom. The molecule has 0 radical (unpaired) electrons. The fourth-order valence-electron chi connectivity index (χ4n) is 3.26. The van der Waals surface area contributed by atoms with E-state index in [0.29, 0.717) is 31.6 Å². The van der Waals surface area contributed by atoms with E-state index in [4.69, 9.17) is 5.73 Å². The summed E-state index contributed by atoms with van der Waals surface area (Å²) in [6.45, 7) is 1.13. The lowest BCUT2D eigenvalue weighted by Gasteiger charge is -2.33. The summed E-state index contributed by atoms with van der Waals surface area (Å²) in [5.74, 6) is -1.47. The minimum Gasteiger partial charge on any atom is -0.369 e. The maximum absolute atomic E-state index is 13.0. The Morgan fingerprint density at radius 2 is 1.74 bits per heavy atom. The average molecular weight is 319 g/mol. The molecule has 0 spiro atoms. The van der Waals surface area contributed by atoms with E-state index in [9.17, 15) is 18.8 Å². The molecular formula is C16H18FN3O3. The summed E-state index contributed by atoms with van der Waals surface area (Å²) in [4.78, 5) is 39.1. The standard InChI is InChI=1S/C16H18FN3O3/c17-11-1-3-12(4-2-11)20-14(21)9-13(16(20)23)19-7-5-10(6-8-19)15(18)22/h1-4,10,13H,5-9H2,(H2,18,22)/t13-/m0/s1. The van der Waals surface area contributed by atoms with Gasteiger partial charge in [-0.3, -0.25) is 19.3 Å². The number of hydrogen-bond acceptors (Lipinski definition) is 4. The van der Waals surface area contributed by atoms with Crippen LogP contribution in [0.4, 0.5) is 10.1 Å². The highest BCUT2D eigenvalue weighted by atomic mass is 19.1. The Hall–Kier alpha value is -2.28. The smallest absolute Gasteiger partial charge is 0.251 e. The molecule has 23 heavy (non-hydrogen) atoms. The van der Waals surface area contributed by atoms with E-state index in [0.717, 1.165) is 4.90 Å². The van der Waals surface area contributed by atoms with Gasteiger partial charge in [-0.2, -0.15) is 0 Å². The maximum atomic E-state index is 13.0. The normalized spacial score (nSPS) is 23.5. The van der Waals surface area contributed by atoms with Crippen LogP contribution in [0, 0.1) is 11.7 Å². The zero-order valence-corrected chi connectivity index (χ0v) is 12.6. The first kappa shape index (κ1) is 15.6. The SMILES string of the molecule is NC(=O)C1CCN([C@H]2CC(=O)N(c3ccc(F)cc3)C2=O)CC1. The van der Waals surface area contributed by atoms with Gasteiger partial charge < -0.3 is 5.73 Å². The molecule has 2 aliphatic heterocycles. The van der Waals surface area contributed by atoms with Gasteiger partial charge in [0.2, 0.25) is 11.8 Å². The molecule has 0 aliphatic carbocycles. The third-order valence-corrected chi connectivity index (χ3v) is 4.58. The Kier molecular flexibility index (Phi) is 4.12. The van der Waals surface area contributed by atoms with Gasteiger partial charge in [0.15, 0.2) is 0 Å². The van der Waals surface area contributed by atoms with Crippen LogP contribution < -0.4 is 10.6 Å². The number of amides is 3. The molecule has 0 saturated carbocycles. The van der Waals surface area contributed by atoms with E-state index in [-0.39, 0.29) is 30.1 Å². The molecule has 0 aromatic heterocycles. The van der Waals surface area contributed by atoms with Crippen LogP contribution in [0.3, 0.4) is 0 Å². The van der Waals surface area contributed by atoms with Crippen LogP contribution in [0.2, 0.25) is 0 Å². The fraction of sp³-hybridized carbons (Fsp3) is 0.438. The molecule has 1 atom stereocenters. The van der Waals surface area contributed by atoms with Crippen LogP contribution in [0.15, 0.2) is 24.3 Å². The van der Waals surface area contributed by atoms with Gasteiger partial charge in [0.25, 0.3) is 5.91 Å². The number of imide groups is 1. The maximum Gasteiger partial charge on any atom is 0.251 e. The summed E-state index contributed by atoms with van der Waals surface area (Å²) >= 11 is 0. The zero-order valence-electron chi connectivity index (χ0n) is 12.6. The number of nitrogens with zero attached hydrogens (tertiary/aromatic N) is 2. The monoisotopic (exact) mass is 319 g/mol. The molecule has 6 nitrogen and oxygen atoms in total. The van der Waals surface area contributed by atoms with Crippen LogP contribution in [0.25, 0.3) is 0 Å². The number of anilines is 1. The van der Waals surface area contributed by atoms with E-state index < -0.39 is 11.9 Å². The predicted octanol–water partition coefficient (Wildman–Crippen LogP) is 0.655. The number of hydrogen-bond donors (Lipinski definition) is 1. The molecular weight excluding hydrogens is 301 g/mol. The van der Waals surface area contributed by atoms with Crippen LogP contribution in [-0.2, 0) is 14.4 Å². The van der Waals surface area contributed by atoms with Crippen LogP contribution in [0.5, 0.6) is 0 Å². The van der Waals surface area contributed by atoms with Crippen molar-refractivity contribution in [3.63, 3.8) is 0 Å². The third-order valence-electron chi connectivity index (χ3n) is 4.58. The lowest BCUT2D eigenvalue weighted by atomic mass is 9.95. The van der Waals surface area contributed by atoms with E-state index >= 15 is 0 Å². The van der Waals surface area contributed by atoms with Crippen molar-refractivity contribution < 1.29 is 18.8 Å². The third kappa shape index (κ3) is 2.96. The minimum atomic E-state index is -0.513. The van der Waals surface area contributed by atoms with Crippen molar-refractivity contribution in [2.24, 2.45) is 11.7 Å². The molecule has 3 amide bonds. The predicted molar refractivity (Wildman–Crippen MR) is 80.8 cm³/mol. The summed E-state index contributed by atoms with van der Waals surface area (Å²) in [6.07, 6.45) is 1.31. The van der Waals surface area contributed by atoms with Gasteiger partial charge >= 0.3 is 0 Å². The summed E-state index contributed by atoms with van der Waals surface area (Å²) in [5.41, 5.74) is 5.69. The van der Waals surface area contributed by atoms with Gasteiger partial charge in [-0.1, -0.05) is 0 Å². The van der Waals surface area contributed by atoms with E-state index in [1.54, 1.807) is 0 Å². The number of nitrogens with two attached hydrogens (primary N) is 1. The number of carbonyl (C=O) groups is 3. The van der Waals surface area contributed by atoms with Crippen LogP contribution in [-0.4, -0.2) is 41.8 Å². The largest absolute Gasteiger partial charge is 0.369 e. The van der Waals surface area contributed by atoms with Crippen LogP contribution in [0.1, 0.15) is 19.3 Å². The summed E-state index contributed by atoms with van der Waals surface area (Å²) in [5, 5.41) is 0. The van der Waals surface area contributed by atoms with Gasteiger partial charge in [-0.25, -0.2) is 9.29 Å². The zero-order chi connectivity index (χ0) is 16.6. The van der Waals surface area contributed by atoms with Crippen molar-refractivity contribution in [2.75, 3.05) is 18.0 Å². The molecule has 1 aromatic carbocycles. The van der Waals surface area contributed by atoms with Crippen LogP contribution >= 0.6 is 0 Å². The number of rotatable bonds is 3. The van der Waals surface area contributed by atoms with Crippen molar-refractivity contribution in [3.8, 4) is 0 Å². The molecule has 122 valence electrons. The lowest BCUT2D eigenvalue weighted by molar-refractivity contribution is -0.124. The van der Waals surface area contributed by atoms with Gasteiger partial charge in [0.1, 0.15) is 5.82 Å². The summed E-state index contributed by atoms with van der Waals surface area (Å²) in [6, 6.07) is 4.78. The number of primary amides is 1. The first-order chi connectivity index (χ1) is 11.0.